The van der Waals surface area contributed by atoms with Crippen LogP contribution in [-0.4, -0.2) is 35.3 Å². The van der Waals surface area contributed by atoms with Crippen LogP contribution in [0.1, 0.15) is 48.0 Å². The lowest BCUT2D eigenvalue weighted by Gasteiger charge is -2.52. The van der Waals surface area contributed by atoms with Crippen molar-refractivity contribution < 1.29 is 19.4 Å². The third kappa shape index (κ3) is 2.76. The molecule has 1 saturated heterocycles. The Morgan fingerprint density at radius 3 is 2.68 bits per heavy atom. The molecule has 5 heteroatoms. The van der Waals surface area contributed by atoms with Gasteiger partial charge in [-0.25, -0.2) is 0 Å². The van der Waals surface area contributed by atoms with Crippen LogP contribution >= 0.6 is 0 Å². The fraction of sp³-hybridized carbons (Fsp3) is 0.435. The van der Waals surface area contributed by atoms with Gasteiger partial charge in [0.05, 0.1) is 5.60 Å². The van der Waals surface area contributed by atoms with E-state index in [1.807, 2.05) is 41.3 Å². The highest BCUT2D eigenvalue weighted by Gasteiger charge is 2.50. The third-order valence-electron chi connectivity index (χ3n) is 6.63. The van der Waals surface area contributed by atoms with E-state index in [0.29, 0.717) is 30.0 Å². The summed E-state index contributed by atoms with van der Waals surface area (Å²) < 4.78 is 10.8. The number of carbonyl (C=O) groups is 1. The summed E-state index contributed by atoms with van der Waals surface area (Å²) in [5, 5.41) is 11.7. The van der Waals surface area contributed by atoms with Crippen molar-refractivity contribution in [3.05, 3.63) is 59.7 Å². The highest BCUT2D eigenvalue weighted by molar-refractivity contribution is 5.95. The predicted octanol–water partition coefficient (Wildman–Crippen LogP) is 3.71. The molecule has 1 amide bonds. The first kappa shape index (κ1) is 17.6. The van der Waals surface area contributed by atoms with Crippen molar-refractivity contribution in [1.82, 2.24) is 4.90 Å². The van der Waals surface area contributed by atoms with Gasteiger partial charge in [0.2, 0.25) is 6.79 Å². The molecule has 0 spiro atoms. The number of rotatable bonds is 2. The molecule has 5 rings (SSSR count). The average Bonchev–Trinajstić information content (AvgIpc) is 3.22. The van der Waals surface area contributed by atoms with Crippen LogP contribution in [0.15, 0.2) is 48.5 Å². The molecule has 0 radical (unpaired) electrons. The van der Waals surface area contributed by atoms with E-state index in [9.17, 15) is 9.90 Å². The Morgan fingerprint density at radius 2 is 1.82 bits per heavy atom. The number of fused-ring (bicyclic) bond motifs is 2. The van der Waals surface area contributed by atoms with Gasteiger partial charge in [-0.2, -0.15) is 0 Å². The first-order chi connectivity index (χ1) is 13.7. The van der Waals surface area contributed by atoms with Crippen molar-refractivity contribution >= 4 is 5.91 Å². The zero-order valence-corrected chi connectivity index (χ0v) is 15.8. The molecule has 0 aromatic heterocycles. The van der Waals surface area contributed by atoms with Crippen molar-refractivity contribution in [1.29, 1.82) is 0 Å². The topological polar surface area (TPSA) is 59.0 Å². The second-order valence-corrected chi connectivity index (χ2v) is 8.07. The van der Waals surface area contributed by atoms with Gasteiger partial charge in [0.1, 0.15) is 0 Å². The van der Waals surface area contributed by atoms with Crippen LogP contribution in [0.5, 0.6) is 11.5 Å². The molecular weight excluding hydrogens is 354 g/mol. The molecule has 2 aromatic carbocycles. The molecule has 146 valence electrons. The Balaban J connectivity index is 1.45. The fourth-order valence-corrected chi connectivity index (χ4v) is 5.22. The van der Waals surface area contributed by atoms with Gasteiger partial charge in [0, 0.05) is 24.1 Å². The minimum atomic E-state index is -0.863. The van der Waals surface area contributed by atoms with Crippen LogP contribution in [0.4, 0.5) is 0 Å². The number of piperidine rings is 1. The average molecular weight is 379 g/mol. The van der Waals surface area contributed by atoms with Crippen molar-refractivity contribution in [2.45, 2.75) is 43.7 Å². The van der Waals surface area contributed by atoms with Gasteiger partial charge in [0.25, 0.3) is 5.91 Å². The van der Waals surface area contributed by atoms with Crippen LogP contribution in [0.3, 0.4) is 0 Å². The summed E-state index contributed by atoms with van der Waals surface area (Å²) in [5.74, 6) is 1.40. The summed E-state index contributed by atoms with van der Waals surface area (Å²) in [6, 6.07) is 15.4. The number of nitrogens with zero attached hydrogens (tertiary/aromatic N) is 1. The van der Waals surface area contributed by atoms with Crippen LogP contribution in [-0.2, 0) is 5.60 Å². The van der Waals surface area contributed by atoms with Gasteiger partial charge in [-0.1, -0.05) is 43.2 Å². The van der Waals surface area contributed by atoms with E-state index >= 15 is 0 Å². The molecule has 1 saturated carbocycles. The normalized spacial score (nSPS) is 28.7. The maximum Gasteiger partial charge on any atom is 0.254 e. The number of aliphatic hydroxyl groups is 1. The number of likely N-dealkylation sites (tertiary alicyclic amines) is 1. The minimum Gasteiger partial charge on any atom is -0.454 e. The van der Waals surface area contributed by atoms with Gasteiger partial charge >= 0.3 is 0 Å². The Labute approximate surface area is 164 Å². The third-order valence-corrected chi connectivity index (χ3v) is 6.63. The Morgan fingerprint density at radius 1 is 1.04 bits per heavy atom. The summed E-state index contributed by atoms with van der Waals surface area (Å²) in [6.07, 6.45) is 4.64. The van der Waals surface area contributed by atoms with Gasteiger partial charge in [-0.3, -0.25) is 4.79 Å². The number of hydrogen-bond acceptors (Lipinski definition) is 4. The van der Waals surface area contributed by atoms with Crippen molar-refractivity contribution in [3.63, 3.8) is 0 Å². The van der Waals surface area contributed by atoms with Gasteiger partial charge in [-0.15, -0.1) is 0 Å². The van der Waals surface area contributed by atoms with Crippen LogP contribution in [0.2, 0.25) is 0 Å². The van der Waals surface area contributed by atoms with E-state index in [4.69, 9.17) is 9.47 Å². The lowest BCUT2D eigenvalue weighted by atomic mass is 9.66. The maximum absolute atomic E-state index is 13.3. The van der Waals surface area contributed by atoms with Crippen LogP contribution in [0.25, 0.3) is 0 Å². The summed E-state index contributed by atoms with van der Waals surface area (Å²) in [5.41, 5.74) is 0.735. The van der Waals surface area contributed by atoms with E-state index in [0.717, 1.165) is 31.2 Å². The maximum atomic E-state index is 13.3. The molecule has 1 aliphatic carbocycles. The first-order valence-electron chi connectivity index (χ1n) is 10.2. The van der Waals surface area contributed by atoms with E-state index in [1.54, 1.807) is 12.1 Å². The highest BCUT2D eigenvalue weighted by atomic mass is 16.7. The molecule has 28 heavy (non-hydrogen) atoms. The molecule has 1 N–H and O–H groups in total. The molecule has 0 bridgehead atoms. The molecule has 3 atom stereocenters. The smallest absolute Gasteiger partial charge is 0.254 e. The molecule has 5 nitrogen and oxygen atoms in total. The lowest BCUT2D eigenvalue weighted by molar-refractivity contribution is -0.110. The Bertz CT molecular complexity index is 883. The molecule has 2 heterocycles. The minimum absolute atomic E-state index is 0.0188. The zero-order valence-electron chi connectivity index (χ0n) is 15.8. The first-order valence-corrected chi connectivity index (χ1v) is 10.2. The van der Waals surface area contributed by atoms with Gasteiger partial charge in [0.15, 0.2) is 11.5 Å². The van der Waals surface area contributed by atoms with Crippen molar-refractivity contribution in [3.8, 4) is 11.5 Å². The number of ether oxygens (including phenoxy) is 2. The molecule has 3 aliphatic rings. The molecule has 0 unspecified atom stereocenters. The van der Waals surface area contributed by atoms with Gasteiger partial charge in [-0.05, 0) is 43.0 Å². The second kappa shape index (κ2) is 6.82. The second-order valence-electron chi connectivity index (χ2n) is 8.07. The quantitative estimate of drug-likeness (QED) is 0.864. The number of amides is 1. The summed E-state index contributed by atoms with van der Waals surface area (Å²) in [4.78, 5) is 15.3. The number of benzene rings is 2. The summed E-state index contributed by atoms with van der Waals surface area (Å²) in [7, 11) is 0. The number of hydrogen-bond donors (Lipinski definition) is 1. The molecule has 2 aliphatic heterocycles. The van der Waals surface area contributed by atoms with Crippen molar-refractivity contribution in [2.75, 3.05) is 13.3 Å². The van der Waals surface area contributed by atoms with Crippen LogP contribution < -0.4 is 9.47 Å². The fourth-order valence-electron chi connectivity index (χ4n) is 5.22. The van der Waals surface area contributed by atoms with E-state index < -0.39 is 5.60 Å². The Kier molecular flexibility index (Phi) is 4.27. The molecule has 2 aromatic rings. The largest absolute Gasteiger partial charge is 0.454 e. The molecular formula is C23H25NO4. The van der Waals surface area contributed by atoms with E-state index in [2.05, 4.69) is 0 Å². The van der Waals surface area contributed by atoms with Crippen LogP contribution in [0, 0.1) is 5.92 Å². The summed E-state index contributed by atoms with van der Waals surface area (Å²) >= 11 is 0. The number of carbonyl (C=O) groups excluding carboxylic acids is 1. The monoisotopic (exact) mass is 379 g/mol. The highest BCUT2D eigenvalue weighted by Crippen LogP contribution is 2.47. The molecule has 2 fully saturated rings. The van der Waals surface area contributed by atoms with E-state index in [-0.39, 0.29) is 24.7 Å². The van der Waals surface area contributed by atoms with E-state index in [1.165, 1.54) is 0 Å². The zero-order chi connectivity index (χ0) is 19.1. The standard InChI is InChI=1S/C23H25NO4/c25-22(16-10-11-20-21(14-16)28-15-27-20)24-13-12-23(26,17-6-2-1-3-7-17)18-8-4-5-9-19(18)24/h1-3,6-7,10-11,14,18-19,26H,4-5,8-9,12-13,15H2/t18-,19+,23+/m0/s1. The van der Waals surface area contributed by atoms with Crippen molar-refractivity contribution in [2.24, 2.45) is 5.92 Å². The summed E-state index contributed by atoms with van der Waals surface area (Å²) in [6.45, 7) is 0.755. The lowest BCUT2D eigenvalue weighted by Crippen LogP contribution is -2.58. The Hall–Kier alpha value is -2.53. The predicted molar refractivity (Wildman–Crippen MR) is 104 cm³/mol. The van der Waals surface area contributed by atoms with Gasteiger partial charge < -0.3 is 19.5 Å². The SMILES string of the molecule is O=C(c1ccc2c(c1)OCO2)N1CC[C@@](O)(c2ccccc2)[C@H]2CCCC[C@H]21.